The number of hydrogen-bond donors (Lipinski definition) is 0. The summed E-state index contributed by atoms with van der Waals surface area (Å²) in [6.45, 7) is 9.20. The Balaban J connectivity index is 2.24. The summed E-state index contributed by atoms with van der Waals surface area (Å²) < 4.78 is 5.55. The zero-order chi connectivity index (χ0) is 10.3. The van der Waals surface area contributed by atoms with Crippen LogP contribution in [-0.4, -0.2) is 0 Å². The predicted molar refractivity (Wildman–Crippen MR) is 58.4 cm³/mol. The van der Waals surface area contributed by atoms with E-state index in [4.69, 9.17) is 4.42 Å². The van der Waals surface area contributed by atoms with Crippen LogP contribution in [0.1, 0.15) is 44.1 Å². The van der Waals surface area contributed by atoms with E-state index in [0.717, 1.165) is 12.3 Å². The quantitative estimate of drug-likeness (QED) is 0.610. The first-order valence-electron chi connectivity index (χ1n) is 5.54. The van der Waals surface area contributed by atoms with Crippen LogP contribution >= 0.6 is 0 Å². The van der Waals surface area contributed by atoms with Gasteiger partial charge in [-0.15, -0.1) is 0 Å². The Labute approximate surface area is 86.5 Å². The maximum atomic E-state index is 5.55. The van der Waals surface area contributed by atoms with Gasteiger partial charge in [-0.3, -0.25) is 0 Å². The summed E-state index contributed by atoms with van der Waals surface area (Å²) >= 11 is 0. The van der Waals surface area contributed by atoms with Gasteiger partial charge < -0.3 is 4.42 Å². The normalized spacial score (nSPS) is 22.1. The number of hydrogen-bond acceptors (Lipinski definition) is 1. The summed E-state index contributed by atoms with van der Waals surface area (Å²) in [5, 5.41) is 0. The van der Waals surface area contributed by atoms with Gasteiger partial charge in [0.1, 0.15) is 5.76 Å². The summed E-state index contributed by atoms with van der Waals surface area (Å²) in [7, 11) is 0. The van der Waals surface area contributed by atoms with Crippen molar-refractivity contribution in [1.82, 2.24) is 0 Å². The van der Waals surface area contributed by atoms with E-state index in [9.17, 15) is 0 Å². The first kappa shape index (κ1) is 9.82. The SMILES string of the molecule is Cc1coc2c1CC(C(C)(C)C)CC2. The molecule has 1 nitrogen and oxygen atoms in total. The third kappa shape index (κ3) is 1.60. The van der Waals surface area contributed by atoms with Gasteiger partial charge in [-0.2, -0.15) is 0 Å². The smallest absolute Gasteiger partial charge is 0.107 e. The van der Waals surface area contributed by atoms with Crippen LogP contribution < -0.4 is 0 Å². The van der Waals surface area contributed by atoms with E-state index >= 15 is 0 Å². The Morgan fingerprint density at radius 3 is 2.71 bits per heavy atom. The Morgan fingerprint density at radius 1 is 1.36 bits per heavy atom. The minimum absolute atomic E-state index is 0.432. The Kier molecular flexibility index (Phi) is 2.21. The predicted octanol–water partition coefficient (Wildman–Crippen LogP) is 3.74. The monoisotopic (exact) mass is 192 g/mol. The molecule has 1 aliphatic rings. The number of aryl methyl sites for hydroxylation is 2. The summed E-state index contributed by atoms with van der Waals surface area (Å²) in [5.41, 5.74) is 3.26. The van der Waals surface area contributed by atoms with Crippen LogP contribution in [0.25, 0.3) is 0 Å². The van der Waals surface area contributed by atoms with Gasteiger partial charge in [0, 0.05) is 6.42 Å². The largest absolute Gasteiger partial charge is 0.469 e. The molecule has 1 unspecified atom stereocenters. The molecule has 0 amide bonds. The molecule has 78 valence electrons. The van der Waals surface area contributed by atoms with Crippen molar-refractivity contribution in [3.63, 3.8) is 0 Å². The minimum atomic E-state index is 0.432. The molecule has 2 rings (SSSR count). The lowest BCUT2D eigenvalue weighted by molar-refractivity contribution is 0.209. The molecule has 0 N–H and O–H groups in total. The molecule has 0 spiro atoms. The lowest BCUT2D eigenvalue weighted by Crippen LogP contribution is -2.26. The van der Waals surface area contributed by atoms with Crippen molar-refractivity contribution < 1.29 is 4.42 Å². The van der Waals surface area contributed by atoms with Crippen LogP contribution in [0.3, 0.4) is 0 Å². The summed E-state index contributed by atoms with van der Waals surface area (Å²) in [6, 6.07) is 0. The second-order valence-electron chi connectivity index (χ2n) is 5.63. The maximum Gasteiger partial charge on any atom is 0.107 e. The van der Waals surface area contributed by atoms with Gasteiger partial charge in [0.15, 0.2) is 0 Å². The summed E-state index contributed by atoms with van der Waals surface area (Å²) in [6.07, 6.45) is 5.53. The molecule has 0 saturated heterocycles. The zero-order valence-electron chi connectivity index (χ0n) is 9.68. The van der Waals surface area contributed by atoms with Crippen molar-refractivity contribution in [1.29, 1.82) is 0 Å². The van der Waals surface area contributed by atoms with Gasteiger partial charge in [0.25, 0.3) is 0 Å². The third-order valence-corrected chi connectivity index (χ3v) is 3.59. The fourth-order valence-electron chi connectivity index (χ4n) is 2.40. The number of furan rings is 1. The summed E-state index contributed by atoms with van der Waals surface area (Å²) in [5.74, 6) is 2.05. The average molecular weight is 192 g/mol. The van der Waals surface area contributed by atoms with Gasteiger partial charge in [0.05, 0.1) is 6.26 Å². The number of fused-ring (bicyclic) bond motifs is 1. The molecule has 1 aromatic rings. The highest BCUT2D eigenvalue weighted by Gasteiger charge is 2.30. The van der Waals surface area contributed by atoms with E-state index in [0.29, 0.717) is 5.41 Å². The van der Waals surface area contributed by atoms with Crippen LogP contribution in [0, 0.1) is 18.3 Å². The minimum Gasteiger partial charge on any atom is -0.469 e. The van der Waals surface area contributed by atoms with Crippen molar-refractivity contribution in [3.05, 3.63) is 23.2 Å². The molecule has 1 atom stereocenters. The van der Waals surface area contributed by atoms with Crippen LogP contribution in [-0.2, 0) is 12.8 Å². The molecule has 0 fully saturated rings. The van der Waals surface area contributed by atoms with Gasteiger partial charge >= 0.3 is 0 Å². The highest BCUT2D eigenvalue weighted by atomic mass is 16.3. The van der Waals surface area contributed by atoms with E-state index < -0.39 is 0 Å². The Morgan fingerprint density at radius 2 is 2.07 bits per heavy atom. The van der Waals surface area contributed by atoms with Crippen LogP contribution in [0.2, 0.25) is 0 Å². The molecule has 0 aliphatic heterocycles. The van der Waals surface area contributed by atoms with Gasteiger partial charge in [-0.25, -0.2) is 0 Å². The molecule has 0 radical (unpaired) electrons. The van der Waals surface area contributed by atoms with Crippen molar-refractivity contribution in [2.75, 3.05) is 0 Å². The van der Waals surface area contributed by atoms with Gasteiger partial charge in [0.2, 0.25) is 0 Å². The molecule has 1 aliphatic carbocycles. The van der Waals surface area contributed by atoms with E-state index in [1.165, 1.54) is 29.7 Å². The van der Waals surface area contributed by atoms with Crippen molar-refractivity contribution in [3.8, 4) is 0 Å². The second-order valence-corrected chi connectivity index (χ2v) is 5.63. The molecular formula is C13H20O. The molecule has 14 heavy (non-hydrogen) atoms. The van der Waals surface area contributed by atoms with Gasteiger partial charge in [-0.05, 0) is 42.2 Å². The van der Waals surface area contributed by atoms with Crippen LogP contribution in [0.5, 0.6) is 0 Å². The zero-order valence-corrected chi connectivity index (χ0v) is 9.68. The fourth-order valence-corrected chi connectivity index (χ4v) is 2.40. The van der Waals surface area contributed by atoms with E-state index in [2.05, 4.69) is 27.7 Å². The van der Waals surface area contributed by atoms with Gasteiger partial charge in [-0.1, -0.05) is 20.8 Å². The molecule has 0 saturated carbocycles. The highest BCUT2D eigenvalue weighted by Crippen LogP contribution is 2.38. The molecule has 0 bridgehead atoms. The van der Waals surface area contributed by atoms with E-state index in [-0.39, 0.29) is 0 Å². The van der Waals surface area contributed by atoms with E-state index in [1.807, 2.05) is 6.26 Å². The van der Waals surface area contributed by atoms with Crippen LogP contribution in [0.4, 0.5) is 0 Å². The van der Waals surface area contributed by atoms with Crippen molar-refractivity contribution in [2.24, 2.45) is 11.3 Å². The highest BCUT2D eigenvalue weighted by molar-refractivity contribution is 5.29. The first-order valence-corrected chi connectivity index (χ1v) is 5.54. The number of rotatable bonds is 0. The molecule has 1 heteroatoms. The second kappa shape index (κ2) is 3.15. The first-order chi connectivity index (χ1) is 6.48. The fraction of sp³-hybridized carbons (Fsp3) is 0.692. The maximum absolute atomic E-state index is 5.55. The van der Waals surface area contributed by atoms with Crippen molar-refractivity contribution >= 4 is 0 Å². The van der Waals surface area contributed by atoms with Crippen LogP contribution in [0.15, 0.2) is 10.7 Å². The summed E-state index contributed by atoms with van der Waals surface area (Å²) in [4.78, 5) is 0. The standard InChI is InChI=1S/C13H20O/c1-9-8-14-12-6-5-10(7-11(9)12)13(2,3)4/h8,10H,5-7H2,1-4H3. The Bertz CT molecular complexity index is 327. The molecule has 0 aromatic carbocycles. The Hall–Kier alpha value is -0.720. The molecular weight excluding hydrogens is 172 g/mol. The van der Waals surface area contributed by atoms with E-state index in [1.54, 1.807) is 0 Å². The molecule has 1 heterocycles. The van der Waals surface area contributed by atoms with Crippen molar-refractivity contribution in [2.45, 2.75) is 47.0 Å². The average Bonchev–Trinajstić information content (AvgIpc) is 2.46. The lowest BCUT2D eigenvalue weighted by atomic mass is 9.71. The topological polar surface area (TPSA) is 13.1 Å². The molecule has 1 aromatic heterocycles. The third-order valence-electron chi connectivity index (χ3n) is 3.59. The lowest BCUT2D eigenvalue weighted by Gasteiger charge is -2.33.